The molecule has 0 unspecified atom stereocenters. The molecule has 1 aliphatic carbocycles. The van der Waals surface area contributed by atoms with Gasteiger partial charge in [0, 0.05) is 0 Å². The van der Waals surface area contributed by atoms with Crippen LogP contribution in [-0.4, -0.2) is 19.7 Å². The number of methoxy groups -OCH3 is 1. The summed E-state index contributed by atoms with van der Waals surface area (Å²) in [5, 5.41) is 0. The van der Waals surface area contributed by atoms with Crippen molar-refractivity contribution >= 4 is 5.97 Å². The summed E-state index contributed by atoms with van der Waals surface area (Å²) in [6.45, 7) is 0.550. The minimum Gasteiger partial charge on any atom is -0.490 e. The lowest BCUT2D eigenvalue weighted by atomic mass is 10.2. The fourth-order valence-corrected chi connectivity index (χ4v) is 1.35. The maximum absolute atomic E-state index is 13.5. The van der Waals surface area contributed by atoms with E-state index in [-0.39, 0.29) is 11.3 Å². The van der Waals surface area contributed by atoms with Crippen LogP contribution in [0.25, 0.3) is 0 Å². The standard InChI is InChI=1S/C12H13FO3/c1-15-12(14)9-4-5-11(10(13)6-9)16-7-8-2-3-8/h4-6,8H,2-3,7H2,1H3. The first-order chi connectivity index (χ1) is 7.70. The van der Waals surface area contributed by atoms with Crippen LogP contribution in [0.1, 0.15) is 23.2 Å². The number of hydrogen-bond donors (Lipinski definition) is 0. The highest BCUT2D eigenvalue weighted by molar-refractivity contribution is 5.89. The lowest BCUT2D eigenvalue weighted by Crippen LogP contribution is -2.04. The Kier molecular flexibility index (Phi) is 3.08. The Morgan fingerprint density at radius 1 is 1.50 bits per heavy atom. The molecule has 86 valence electrons. The van der Waals surface area contributed by atoms with E-state index in [1.54, 1.807) is 0 Å². The van der Waals surface area contributed by atoms with Crippen molar-refractivity contribution in [3.05, 3.63) is 29.6 Å². The van der Waals surface area contributed by atoms with E-state index in [0.29, 0.717) is 12.5 Å². The Morgan fingerprint density at radius 3 is 2.81 bits per heavy atom. The van der Waals surface area contributed by atoms with Crippen LogP contribution in [0.3, 0.4) is 0 Å². The first kappa shape index (κ1) is 10.9. The van der Waals surface area contributed by atoms with Crippen molar-refractivity contribution in [3.8, 4) is 5.75 Å². The van der Waals surface area contributed by atoms with Gasteiger partial charge in [-0.15, -0.1) is 0 Å². The maximum Gasteiger partial charge on any atom is 0.337 e. The summed E-state index contributed by atoms with van der Waals surface area (Å²) >= 11 is 0. The van der Waals surface area contributed by atoms with Crippen molar-refractivity contribution in [3.63, 3.8) is 0 Å². The molecule has 0 saturated heterocycles. The van der Waals surface area contributed by atoms with Gasteiger partial charge in [0.15, 0.2) is 11.6 Å². The summed E-state index contributed by atoms with van der Waals surface area (Å²) in [7, 11) is 1.26. The van der Waals surface area contributed by atoms with Gasteiger partial charge >= 0.3 is 5.97 Å². The van der Waals surface area contributed by atoms with Crippen LogP contribution in [0.15, 0.2) is 18.2 Å². The Labute approximate surface area is 93.2 Å². The highest BCUT2D eigenvalue weighted by Gasteiger charge is 2.22. The van der Waals surface area contributed by atoms with Crippen molar-refractivity contribution in [2.24, 2.45) is 5.92 Å². The van der Waals surface area contributed by atoms with Gasteiger partial charge in [0.1, 0.15) is 0 Å². The van der Waals surface area contributed by atoms with Crippen LogP contribution >= 0.6 is 0 Å². The first-order valence-corrected chi connectivity index (χ1v) is 5.21. The summed E-state index contributed by atoms with van der Waals surface area (Å²) in [5.74, 6) is -0.310. The predicted octanol–water partition coefficient (Wildman–Crippen LogP) is 2.40. The highest BCUT2D eigenvalue weighted by Crippen LogP contribution is 2.30. The lowest BCUT2D eigenvalue weighted by molar-refractivity contribution is 0.0600. The van der Waals surface area contributed by atoms with Crippen molar-refractivity contribution in [1.82, 2.24) is 0 Å². The zero-order chi connectivity index (χ0) is 11.5. The van der Waals surface area contributed by atoms with Crippen LogP contribution in [0.5, 0.6) is 5.75 Å². The quantitative estimate of drug-likeness (QED) is 0.737. The second-order valence-corrected chi connectivity index (χ2v) is 3.89. The fourth-order valence-electron chi connectivity index (χ4n) is 1.35. The molecule has 1 fully saturated rings. The van der Waals surface area contributed by atoms with Crippen LogP contribution in [-0.2, 0) is 4.74 Å². The number of carbonyl (C=O) groups excluding carboxylic acids is 1. The number of ether oxygens (including phenoxy) is 2. The van der Waals surface area contributed by atoms with Gasteiger partial charge in [0.05, 0.1) is 19.3 Å². The molecule has 0 aliphatic heterocycles. The first-order valence-electron chi connectivity index (χ1n) is 5.21. The average molecular weight is 224 g/mol. The number of rotatable bonds is 4. The van der Waals surface area contributed by atoms with E-state index in [1.165, 1.54) is 19.2 Å². The normalized spacial score (nSPS) is 14.6. The van der Waals surface area contributed by atoms with E-state index in [1.807, 2.05) is 0 Å². The van der Waals surface area contributed by atoms with Gasteiger partial charge in [0.25, 0.3) is 0 Å². The van der Waals surface area contributed by atoms with Crippen molar-refractivity contribution < 1.29 is 18.7 Å². The monoisotopic (exact) mass is 224 g/mol. The maximum atomic E-state index is 13.5. The fraction of sp³-hybridized carbons (Fsp3) is 0.417. The third kappa shape index (κ3) is 2.51. The summed E-state index contributed by atoms with van der Waals surface area (Å²) in [6.07, 6.45) is 2.31. The molecule has 2 rings (SSSR count). The molecule has 3 nitrogen and oxygen atoms in total. The SMILES string of the molecule is COC(=O)c1ccc(OCC2CC2)c(F)c1. The van der Waals surface area contributed by atoms with E-state index in [9.17, 15) is 9.18 Å². The summed E-state index contributed by atoms with van der Waals surface area (Å²) in [5.41, 5.74) is 0.193. The third-order valence-electron chi connectivity index (χ3n) is 2.52. The molecule has 4 heteroatoms. The molecule has 0 amide bonds. The van der Waals surface area contributed by atoms with Crippen molar-refractivity contribution in [2.75, 3.05) is 13.7 Å². The van der Waals surface area contributed by atoms with Crippen LogP contribution in [0.4, 0.5) is 4.39 Å². The minimum absolute atomic E-state index is 0.193. The molecule has 0 bridgehead atoms. The molecule has 0 atom stereocenters. The molecular formula is C12H13FO3. The highest BCUT2D eigenvalue weighted by atomic mass is 19.1. The Balaban J connectivity index is 2.05. The smallest absolute Gasteiger partial charge is 0.337 e. The summed E-state index contributed by atoms with van der Waals surface area (Å²) < 4.78 is 23.3. The average Bonchev–Trinajstić information content (AvgIpc) is 3.10. The molecule has 0 aromatic heterocycles. The zero-order valence-corrected chi connectivity index (χ0v) is 9.03. The molecule has 1 aromatic rings. The molecule has 1 saturated carbocycles. The van der Waals surface area contributed by atoms with E-state index < -0.39 is 11.8 Å². The summed E-state index contributed by atoms with van der Waals surface area (Å²) in [6, 6.07) is 4.09. The molecule has 0 N–H and O–H groups in total. The van der Waals surface area contributed by atoms with Gasteiger partial charge < -0.3 is 9.47 Å². The van der Waals surface area contributed by atoms with E-state index in [4.69, 9.17) is 4.74 Å². The Morgan fingerprint density at radius 2 is 2.25 bits per heavy atom. The number of hydrogen-bond acceptors (Lipinski definition) is 3. The van der Waals surface area contributed by atoms with Gasteiger partial charge in [-0.3, -0.25) is 0 Å². The van der Waals surface area contributed by atoms with Crippen molar-refractivity contribution in [2.45, 2.75) is 12.8 Å². The minimum atomic E-state index is -0.548. The number of carbonyl (C=O) groups is 1. The Hall–Kier alpha value is -1.58. The lowest BCUT2D eigenvalue weighted by Gasteiger charge is -2.07. The van der Waals surface area contributed by atoms with Crippen LogP contribution in [0.2, 0.25) is 0 Å². The molecule has 0 heterocycles. The Bertz CT molecular complexity index is 399. The van der Waals surface area contributed by atoms with Crippen LogP contribution < -0.4 is 4.74 Å². The second-order valence-electron chi connectivity index (χ2n) is 3.89. The van der Waals surface area contributed by atoms with E-state index in [0.717, 1.165) is 18.9 Å². The molecule has 1 aromatic carbocycles. The molecule has 1 aliphatic rings. The molecule has 0 spiro atoms. The van der Waals surface area contributed by atoms with Gasteiger partial charge in [-0.2, -0.15) is 0 Å². The van der Waals surface area contributed by atoms with Crippen molar-refractivity contribution in [1.29, 1.82) is 0 Å². The van der Waals surface area contributed by atoms with Gasteiger partial charge in [-0.1, -0.05) is 0 Å². The van der Waals surface area contributed by atoms with E-state index in [2.05, 4.69) is 4.74 Å². The van der Waals surface area contributed by atoms with Gasteiger partial charge in [0.2, 0.25) is 0 Å². The summed E-state index contributed by atoms with van der Waals surface area (Å²) in [4.78, 5) is 11.1. The topological polar surface area (TPSA) is 35.5 Å². The molecule has 0 radical (unpaired) electrons. The van der Waals surface area contributed by atoms with Gasteiger partial charge in [-0.25, -0.2) is 9.18 Å². The number of esters is 1. The predicted molar refractivity (Wildman–Crippen MR) is 56.0 cm³/mol. The van der Waals surface area contributed by atoms with Crippen LogP contribution in [0, 0.1) is 11.7 Å². The van der Waals surface area contributed by atoms with E-state index >= 15 is 0 Å². The second kappa shape index (κ2) is 4.51. The number of halogens is 1. The largest absolute Gasteiger partial charge is 0.490 e. The molecule has 16 heavy (non-hydrogen) atoms. The number of benzene rings is 1. The third-order valence-corrected chi connectivity index (χ3v) is 2.52. The molecular weight excluding hydrogens is 211 g/mol. The van der Waals surface area contributed by atoms with Gasteiger partial charge in [-0.05, 0) is 37.0 Å². The zero-order valence-electron chi connectivity index (χ0n) is 9.03.